The van der Waals surface area contributed by atoms with Gasteiger partial charge in [0.15, 0.2) is 5.69 Å². The average molecular weight is 384 g/mol. The molecule has 3 heterocycles. The van der Waals surface area contributed by atoms with E-state index in [0.29, 0.717) is 17.8 Å². The van der Waals surface area contributed by atoms with E-state index in [1.165, 1.54) is 12.8 Å². The van der Waals surface area contributed by atoms with Gasteiger partial charge in [0.05, 0.1) is 11.6 Å². The normalized spacial score (nSPS) is 20.8. The maximum Gasteiger partial charge on any atom is 0.287 e. The van der Waals surface area contributed by atoms with Gasteiger partial charge in [-0.1, -0.05) is 31.7 Å². The molecule has 0 bridgehead atoms. The number of hydrogen-bond acceptors (Lipinski definition) is 4. The quantitative estimate of drug-likeness (QED) is 0.776. The highest BCUT2D eigenvalue weighted by molar-refractivity contribution is 6.02. The van der Waals surface area contributed by atoms with Crippen LogP contribution >= 0.6 is 0 Å². The summed E-state index contributed by atoms with van der Waals surface area (Å²) in [6.07, 6.45) is 10.6. The summed E-state index contributed by atoms with van der Waals surface area (Å²) >= 11 is 0. The Balaban J connectivity index is 1.51. The summed E-state index contributed by atoms with van der Waals surface area (Å²) in [5.74, 6) is -0.251. The van der Waals surface area contributed by atoms with E-state index in [0.717, 1.165) is 45.1 Å². The highest BCUT2D eigenvalue weighted by atomic mass is 16.5. The molecule has 1 saturated heterocycles. The van der Waals surface area contributed by atoms with E-state index in [1.54, 1.807) is 10.6 Å². The molecule has 2 aliphatic rings. The van der Waals surface area contributed by atoms with Crippen LogP contribution in [0.15, 0.2) is 24.4 Å². The minimum Gasteiger partial charge on any atom is -0.376 e. The van der Waals surface area contributed by atoms with Crippen LogP contribution in [-0.4, -0.2) is 46.5 Å². The van der Waals surface area contributed by atoms with Crippen molar-refractivity contribution in [2.75, 3.05) is 13.2 Å². The number of ether oxygens (including phenoxy) is 1. The highest BCUT2D eigenvalue weighted by Crippen LogP contribution is 2.19. The fourth-order valence-electron chi connectivity index (χ4n) is 4.13. The molecule has 2 amide bonds. The Kier molecular flexibility index (Phi) is 5.90. The zero-order valence-electron chi connectivity index (χ0n) is 16.2. The molecule has 7 heteroatoms. The molecular weight excluding hydrogens is 356 g/mol. The number of hydrogen-bond donors (Lipinski definition) is 2. The van der Waals surface area contributed by atoms with Gasteiger partial charge in [0.1, 0.15) is 0 Å². The van der Waals surface area contributed by atoms with Crippen LogP contribution in [0.4, 0.5) is 0 Å². The molecule has 2 fully saturated rings. The lowest BCUT2D eigenvalue weighted by molar-refractivity contribution is 0.0848. The van der Waals surface area contributed by atoms with E-state index in [4.69, 9.17) is 4.74 Å². The molecule has 28 heavy (non-hydrogen) atoms. The molecule has 1 saturated carbocycles. The van der Waals surface area contributed by atoms with E-state index in [1.807, 2.05) is 18.2 Å². The molecule has 1 atom stereocenters. The zero-order chi connectivity index (χ0) is 19.3. The molecule has 2 aromatic rings. The third-order valence-corrected chi connectivity index (χ3v) is 5.67. The second kappa shape index (κ2) is 8.73. The summed E-state index contributed by atoms with van der Waals surface area (Å²) in [7, 11) is 0. The van der Waals surface area contributed by atoms with Crippen molar-refractivity contribution in [1.82, 2.24) is 20.0 Å². The van der Waals surface area contributed by atoms with Gasteiger partial charge < -0.3 is 15.4 Å². The van der Waals surface area contributed by atoms with E-state index < -0.39 is 0 Å². The summed E-state index contributed by atoms with van der Waals surface area (Å²) in [4.78, 5) is 30.0. The summed E-state index contributed by atoms with van der Waals surface area (Å²) in [6.45, 7) is 1.21. The number of pyridine rings is 1. The van der Waals surface area contributed by atoms with Crippen LogP contribution in [0, 0.1) is 0 Å². The number of amides is 2. The van der Waals surface area contributed by atoms with Crippen molar-refractivity contribution < 1.29 is 14.3 Å². The number of aromatic nitrogens is 2. The van der Waals surface area contributed by atoms with Gasteiger partial charge in [-0.3, -0.25) is 14.0 Å². The molecule has 4 rings (SSSR count). The first-order valence-electron chi connectivity index (χ1n) is 10.4. The maximum atomic E-state index is 12.9. The Morgan fingerprint density at radius 3 is 2.64 bits per heavy atom. The van der Waals surface area contributed by atoms with Gasteiger partial charge in [-0.2, -0.15) is 0 Å². The first-order valence-corrected chi connectivity index (χ1v) is 10.4. The standard InChI is InChI=1S/C21H28N4O3/c26-20(23-15-8-3-1-2-4-9-15)18-17-11-5-6-12-25(17)19(24-18)21(27)22-14-16-10-7-13-28-16/h5-6,11-12,15-16H,1-4,7-10,13-14H2,(H,22,27)(H,23,26). The van der Waals surface area contributed by atoms with Crippen LogP contribution in [0.25, 0.3) is 5.52 Å². The molecule has 1 aliphatic carbocycles. The van der Waals surface area contributed by atoms with E-state index in [2.05, 4.69) is 15.6 Å². The van der Waals surface area contributed by atoms with Crippen molar-refractivity contribution in [3.63, 3.8) is 0 Å². The van der Waals surface area contributed by atoms with Crippen molar-refractivity contribution >= 4 is 17.3 Å². The lowest BCUT2D eigenvalue weighted by Crippen LogP contribution is -2.35. The molecule has 2 aromatic heterocycles. The van der Waals surface area contributed by atoms with Gasteiger partial charge in [-0.25, -0.2) is 4.98 Å². The number of rotatable bonds is 5. The second-order valence-corrected chi connectivity index (χ2v) is 7.75. The fourth-order valence-corrected chi connectivity index (χ4v) is 4.13. The minimum absolute atomic E-state index is 0.0631. The van der Waals surface area contributed by atoms with Crippen LogP contribution in [0.1, 0.15) is 72.5 Å². The molecule has 1 unspecified atom stereocenters. The van der Waals surface area contributed by atoms with Crippen molar-refractivity contribution in [2.45, 2.75) is 63.5 Å². The average Bonchev–Trinajstić information content (AvgIpc) is 3.29. The van der Waals surface area contributed by atoms with E-state index in [-0.39, 0.29) is 29.8 Å². The lowest BCUT2D eigenvalue weighted by Gasteiger charge is -2.15. The molecule has 0 radical (unpaired) electrons. The SMILES string of the molecule is O=C(NC1CCCCCC1)c1nc(C(=O)NCC2CCCO2)n2ccccc12. The van der Waals surface area contributed by atoms with Gasteiger partial charge in [-0.15, -0.1) is 0 Å². The smallest absolute Gasteiger partial charge is 0.287 e. The molecular formula is C21H28N4O3. The number of nitrogens with one attached hydrogen (secondary N) is 2. The minimum atomic E-state index is -0.287. The molecule has 0 aromatic carbocycles. The van der Waals surface area contributed by atoms with Crippen LogP contribution in [-0.2, 0) is 4.74 Å². The number of nitrogens with zero attached hydrogens (tertiary/aromatic N) is 2. The predicted octanol–water partition coefficient (Wildman–Crippen LogP) is 2.70. The summed E-state index contributed by atoms with van der Waals surface area (Å²) in [5, 5.41) is 6.03. The van der Waals surface area contributed by atoms with Crippen LogP contribution < -0.4 is 10.6 Å². The number of carbonyl (C=O) groups is 2. The van der Waals surface area contributed by atoms with Gasteiger partial charge in [0.2, 0.25) is 5.82 Å². The van der Waals surface area contributed by atoms with Gasteiger partial charge in [0.25, 0.3) is 11.8 Å². The Labute approximate surface area is 164 Å². The summed E-state index contributed by atoms with van der Waals surface area (Å²) < 4.78 is 7.25. The fraction of sp³-hybridized carbons (Fsp3) is 0.571. The van der Waals surface area contributed by atoms with Gasteiger partial charge in [0, 0.05) is 25.4 Å². The number of fused-ring (bicyclic) bond motifs is 1. The third kappa shape index (κ3) is 4.19. The molecule has 0 spiro atoms. The Bertz CT molecular complexity index is 833. The van der Waals surface area contributed by atoms with E-state index >= 15 is 0 Å². The molecule has 1 aliphatic heterocycles. The lowest BCUT2D eigenvalue weighted by atomic mass is 10.1. The Hall–Kier alpha value is -2.41. The topological polar surface area (TPSA) is 84.7 Å². The van der Waals surface area contributed by atoms with Gasteiger partial charge in [-0.05, 0) is 37.8 Å². The van der Waals surface area contributed by atoms with E-state index in [9.17, 15) is 9.59 Å². The predicted molar refractivity (Wildman–Crippen MR) is 105 cm³/mol. The van der Waals surface area contributed by atoms with Crippen molar-refractivity contribution in [3.8, 4) is 0 Å². The van der Waals surface area contributed by atoms with Crippen LogP contribution in [0.2, 0.25) is 0 Å². The Morgan fingerprint density at radius 1 is 1.07 bits per heavy atom. The number of carbonyl (C=O) groups excluding carboxylic acids is 2. The molecule has 2 N–H and O–H groups in total. The summed E-state index contributed by atoms with van der Waals surface area (Å²) in [5.41, 5.74) is 0.961. The van der Waals surface area contributed by atoms with Crippen molar-refractivity contribution in [2.24, 2.45) is 0 Å². The highest BCUT2D eigenvalue weighted by Gasteiger charge is 2.24. The summed E-state index contributed by atoms with van der Waals surface area (Å²) in [6, 6.07) is 5.70. The second-order valence-electron chi connectivity index (χ2n) is 7.75. The van der Waals surface area contributed by atoms with Crippen LogP contribution in [0.3, 0.4) is 0 Å². The maximum absolute atomic E-state index is 12.9. The van der Waals surface area contributed by atoms with Crippen LogP contribution in [0.5, 0.6) is 0 Å². The largest absolute Gasteiger partial charge is 0.376 e. The molecule has 150 valence electrons. The monoisotopic (exact) mass is 384 g/mol. The van der Waals surface area contributed by atoms with Gasteiger partial charge >= 0.3 is 0 Å². The zero-order valence-corrected chi connectivity index (χ0v) is 16.2. The molecule has 7 nitrogen and oxygen atoms in total. The third-order valence-electron chi connectivity index (χ3n) is 5.67. The van der Waals surface area contributed by atoms with Crippen molar-refractivity contribution in [1.29, 1.82) is 0 Å². The first-order chi connectivity index (χ1) is 13.7. The first kappa shape index (κ1) is 18.9. The van der Waals surface area contributed by atoms with Crippen molar-refractivity contribution in [3.05, 3.63) is 35.9 Å². The number of imidazole rings is 1. The Morgan fingerprint density at radius 2 is 1.89 bits per heavy atom.